The van der Waals surface area contributed by atoms with E-state index in [9.17, 15) is 9.18 Å². The number of H-pyrrole nitrogens is 1. The van der Waals surface area contributed by atoms with Crippen molar-refractivity contribution < 1.29 is 9.18 Å². The molecule has 0 spiro atoms. The molecule has 19 heavy (non-hydrogen) atoms. The van der Waals surface area contributed by atoms with Gasteiger partial charge < -0.3 is 4.98 Å². The fourth-order valence-electron chi connectivity index (χ4n) is 2.06. The van der Waals surface area contributed by atoms with Crippen molar-refractivity contribution >= 4 is 28.3 Å². The minimum atomic E-state index is -0.362. The fraction of sp³-hybridized carbons (Fsp3) is 0. The van der Waals surface area contributed by atoms with E-state index in [1.165, 1.54) is 24.3 Å². The summed E-state index contributed by atoms with van der Waals surface area (Å²) in [5.41, 5.74) is 1.71. The molecule has 0 aliphatic carbocycles. The molecular weight excluding hydrogens is 265 g/mol. The Morgan fingerprint density at radius 3 is 2.58 bits per heavy atom. The van der Waals surface area contributed by atoms with Crippen LogP contribution in [0.15, 0.2) is 48.7 Å². The van der Waals surface area contributed by atoms with Crippen molar-refractivity contribution in [2.24, 2.45) is 0 Å². The Balaban J connectivity index is 2.12. The highest BCUT2D eigenvalue weighted by Crippen LogP contribution is 2.26. The Hall–Kier alpha value is -2.13. The summed E-state index contributed by atoms with van der Waals surface area (Å²) >= 11 is 6.05. The van der Waals surface area contributed by atoms with Crippen LogP contribution in [-0.2, 0) is 0 Å². The van der Waals surface area contributed by atoms with Crippen LogP contribution in [0.2, 0.25) is 5.02 Å². The van der Waals surface area contributed by atoms with Crippen LogP contribution in [0.4, 0.5) is 4.39 Å². The second kappa shape index (κ2) is 4.52. The third-order valence-corrected chi connectivity index (χ3v) is 3.33. The molecule has 1 N–H and O–H groups in total. The maximum atomic E-state index is 12.9. The molecule has 4 heteroatoms. The average molecular weight is 274 g/mol. The maximum Gasteiger partial charge on any atom is 0.195 e. The van der Waals surface area contributed by atoms with Gasteiger partial charge in [-0.3, -0.25) is 4.79 Å². The lowest BCUT2D eigenvalue weighted by atomic mass is 10.0. The second-order valence-electron chi connectivity index (χ2n) is 4.20. The van der Waals surface area contributed by atoms with Crippen LogP contribution in [0.3, 0.4) is 0 Å². The third-order valence-electron chi connectivity index (χ3n) is 3.02. The number of aromatic amines is 1. The molecule has 2 nitrogen and oxygen atoms in total. The zero-order chi connectivity index (χ0) is 13.4. The zero-order valence-corrected chi connectivity index (χ0v) is 10.5. The summed E-state index contributed by atoms with van der Waals surface area (Å²) < 4.78 is 12.9. The van der Waals surface area contributed by atoms with Gasteiger partial charge >= 0.3 is 0 Å². The molecular formula is C15H9ClFNO. The van der Waals surface area contributed by atoms with Crippen LogP contribution >= 0.6 is 11.6 Å². The maximum absolute atomic E-state index is 12.9. The third kappa shape index (κ3) is 2.02. The van der Waals surface area contributed by atoms with Crippen LogP contribution in [0.1, 0.15) is 15.9 Å². The first-order valence-corrected chi connectivity index (χ1v) is 6.10. The van der Waals surface area contributed by atoms with Crippen molar-refractivity contribution in [3.05, 3.63) is 70.6 Å². The summed E-state index contributed by atoms with van der Waals surface area (Å²) in [5.74, 6) is -0.521. The molecule has 0 amide bonds. The van der Waals surface area contributed by atoms with Crippen LogP contribution < -0.4 is 0 Å². The predicted molar refractivity (Wildman–Crippen MR) is 73.1 cm³/mol. The highest BCUT2D eigenvalue weighted by atomic mass is 35.5. The summed E-state index contributed by atoms with van der Waals surface area (Å²) in [5, 5.41) is 1.33. The lowest BCUT2D eigenvalue weighted by molar-refractivity contribution is 0.104. The zero-order valence-electron chi connectivity index (χ0n) is 9.78. The number of hydrogen-bond donors (Lipinski definition) is 1. The Kier molecular flexibility index (Phi) is 2.84. The van der Waals surface area contributed by atoms with Crippen molar-refractivity contribution in [1.82, 2.24) is 4.98 Å². The average Bonchev–Trinajstić information content (AvgIpc) is 2.84. The van der Waals surface area contributed by atoms with Crippen LogP contribution in [0, 0.1) is 5.82 Å². The molecule has 1 heterocycles. The van der Waals surface area contributed by atoms with E-state index in [1.54, 1.807) is 18.3 Å². The molecule has 1 aromatic heterocycles. The van der Waals surface area contributed by atoms with Crippen molar-refractivity contribution in [1.29, 1.82) is 0 Å². The highest BCUT2D eigenvalue weighted by Gasteiger charge is 2.15. The van der Waals surface area contributed by atoms with Gasteiger partial charge in [0, 0.05) is 22.7 Å². The van der Waals surface area contributed by atoms with Gasteiger partial charge in [-0.15, -0.1) is 0 Å². The normalized spacial score (nSPS) is 10.8. The smallest absolute Gasteiger partial charge is 0.195 e. The lowest BCUT2D eigenvalue weighted by Gasteiger charge is -2.00. The molecule has 0 aliphatic heterocycles. The largest absolute Gasteiger partial charge is 0.359 e. The lowest BCUT2D eigenvalue weighted by Crippen LogP contribution is -2.00. The van der Waals surface area contributed by atoms with E-state index >= 15 is 0 Å². The number of benzene rings is 2. The van der Waals surface area contributed by atoms with Crippen molar-refractivity contribution in [2.45, 2.75) is 0 Å². The molecule has 0 unspecified atom stereocenters. The minimum Gasteiger partial charge on any atom is -0.359 e. The summed E-state index contributed by atoms with van der Waals surface area (Å²) in [6, 6.07) is 10.9. The molecule has 0 atom stereocenters. The Morgan fingerprint density at radius 1 is 1.11 bits per heavy atom. The topological polar surface area (TPSA) is 32.9 Å². The van der Waals surface area contributed by atoms with Crippen molar-refractivity contribution in [3.63, 3.8) is 0 Å². The van der Waals surface area contributed by atoms with Gasteiger partial charge in [-0.25, -0.2) is 4.39 Å². The number of hydrogen-bond acceptors (Lipinski definition) is 1. The molecule has 0 fully saturated rings. The monoisotopic (exact) mass is 273 g/mol. The number of rotatable bonds is 2. The number of carbonyl (C=O) groups is 1. The van der Waals surface area contributed by atoms with Gasteiger partial charge in [0.25, 0.3) is 0 Å². The van der Waals surface area contributed by atoms with Crippen LogP contribution in [0.25, 0.3) is 10.9 Å². The SMILES string of the molecule is O=C(c1ccc(F)cc1)c1c[nH]c2c(Cl)cccc12. The van der Waals surface area contributed by atoms with Gasteiger partial charge in [-0.2, -0.15) is 0 Å². The number of ketones is 1. The summed E-state index contributed by atoms with van der Waals surface area (Å²) in [6.07, 6.45) is 1.63. The number of halogens is 2. The molecule has 0 saturated heterocycles. The van der Waals surface area contributed by atoms with Gasteiger partial charge in [0.2, 0.25) is 0 Å². The molecule has 3 aromatic rings. The number of para-hydroxylation sites is 1. The van der Waals surface area contributed by atoms with Crippen molar-refractivity contribution in [2.75, 3.05) is 0 Å². The Morgan fingerprint density at radius 2 is 1.84 bits per heavy atom. The van der Waals surface area contributed by atoms with E-state index in [-0.39, 0.29) is 11.6 Å². The quantitative estimate of drug-likeness (QED) is 0.698. The predicted octanol–water partition coefficient (Wildman–Crippen LogP) is 4.19. The van der Waals surface area contributed by atoms with Gasteiger partial charge in [-0.1, -0.05) is 23.7 Å². The first kappa shape index (κ1) is 11.9. The molecule has 0 bridgehead atoms. The van der Waals surface area contributed by atoms with Gasteiger partial charge in [-0.05, 0) is 30.3 Å². The molecule has 0 saturated carbocycles. The highest BCUT2D eigenvalue weighted by molar-refractivity contribution is 6.35. The number of nitrogens with one attached hydrogen (secondary N) is 1. The standard InChI is InChI=1S/C15H9ClFNO/c16-13-3-1-2-11-12(8-18-14(11)13)15(19)9-4-6-10(17)7-5-9/h1-8,18H. The van der Waals surface area contributed by atoms with Crippen LogP contribution in [0.5, 0.6) is 0 Å². The Bertz CT molecular complexity index is 761. The van der Waals surface area contributed by atoms with Gasteiger partial charge in [0.15, 0.2) is 5.78 Å². The van der Waals surface area contributed by atoms with Gasteiger partial charge in [0.1, 0.15) is 5.82 Å². The van der Waals surface area contributed by atoms with E-state index in [0.717, 1.165) is 10.9 Å². The van der Waals surface area contributed by atoms with E-state index in [4.69, 9.17) is 11.6 Å². The molecule has 2 aromatic carbocycles. The Labute approximate surface area is 113 Å². The summed E-state index contributed by atoms with van der Waals surface area (Å²) in [7, 11) is 0. The minimum absolute atomic E-state index is 0.159. The summed E-state index contributed by atoms with van der Waals surface area (Å²) in [4.78, 5) is 15.4. The van der Waals surface area contributed by atoms with E-state index in [0.29, 0.717) is 16.1 Å². The van der Waals surface area contributed by atoms with E-state index in [2.05, 4.69) is 4.98 Å². The van der Waals surface area contributed by atoms with Crippen molar-refractivity contribution in [3.8, 4) is 0 Å². The van der Waals surface area contributed by atoms with Crippen LogP contribution in [-0.4, -0.2) is 10.8 Å². The fourth-order valence-corrected chi connectivity index (χ4v) is 2.29. The van der Waals surface area contributed by atoms with E-state index < -0.39 is 0 Å². The van der Waals surface area contributed by atoms with Gasteiger partial charge in [0.05, 0.1) is 10.5 Å². The number of aromatic nitrogens is 1. The number of carbonyl (C=O) groups excluding carboxylic acids is 1. The number of fused-ring (bicyclic) bond motifs is 1. The van der Waals surface area contributed by atoms with E-state index in [1.807, 2.05) is 6.07 Å². The molecule has 94 valence electrons. The second-order valence-corrected chi connectivity index (χ2v) is 4.61. The first-order valence-electron chi connectivity index (χ1n) is 5.72. The summed E-state index contributed by atoms with van der Waals surface area (Å²) in [6.45, 7) is 0. The molecule has 3 rings (SSSR count). The first-order chi connectivity index (χ1) is 9.16. The molecule has 0 radical (unpaired) electrons. The molecule has 0 aliphatic rings.